The molecule has 0 aromatic carbocycles. The molecule has 0 aliphatic carbocycles. The second-order valence-corrected chi connectivity index (χ2v) is 6.72. The van der Waals surface area contributed by atoms with Gasteiger partial charge in [-0.25, -0.2) is 0 Å². The van der Waals surface area contributed by atoms with Gasteiger partial charge in [0, 0.05) is 17.9 Å². The number of ether oxygens (including phenoxy) is 2. The lowest BCUT2D eigenvalue weighted by Gasteiger charge is -2.33. The SMILES string of the molecule is CCOC(=O)C1CCN(CC[C@@H]2OCCC[C@@H]2O)CC1.S=CS. The summed E-state index contributed by atoms with van der Waals surface area (Å²) in [6.45, 7) is 5.90. The van der Waals surface area contributed by atoms with Crippen LogP contribution in [0.4, 0.5) is 0 Å². The molecule has 23 heavy (non-hydrogen) atoms. The van der Waals surface area contributed by atoms with Crippen LogP contribution in [0.5, 0.6) is 0 Å². The number of piperidine rings is 1. The summed E-state index contributed by atoms with van der Waals surface area (Å²) in [6, 6.07) is 0. The minimum Gasteiger partial charge on any atom is -0.466 e. The van der Waals surface area contributed by atoms with E-state index in [1.54, 1.807) is 0 Å². The van der Waals surface area contributed by atoms with Crippen molar-refractivity contribution in [1.29, 1.82) is 0 Å². The van der Waals surface area contributed by atoms with Crippen molar-refractivity contribution in [3.8, 4) is 0 Å². The van der Waals surface area contributed by atoms with Gasteiger partial charge in [-0.3, -0.25) is 4.79 Å². The molecule has 0 bridgehead atoms. The van der Waals surface area contributed by atoms with Crippen LogP contribution in [-0.2, 0) is 14.3 Å². The predicted octanol–water partition coefficient (Wildman–Crippen LogP) is 2.06. The van der Waals surface area contributed by atoms with Crippen LogP contribution in [0.1, 0.15) is 39.0 Å². The van der Waals surface area contributed by atoms with Gasteiger partial charge in [0.2, 0.25) is 0 Å². The molecular formula is C16H29NO4S2. The van der Waals surface area contributed by atoms with Crippen LogP contribution in [0.3, 0.4) is 0 Å². The fourth-order valence-corrected chi connectivity index (χ4v) is 3.06. The Hall–Kier alpha value is -0.210. The van der Waals surface area contributed by atoms with Gasteiger partial charge in [0.15, 0.2) is 0 Å². The average Bonchev–Trinajstić information content (AvgIpc) is 2.55. The Labute approximate surface area is 150 Å². The number of aliphatic hydroxyl groups is 1. The van der Waals surface area contributed by atoms with Crippen LogP contribution in [0.15, 0.2) is 0 Å². The van der Waals surface area contributed by atoms with Crippen LogP contribution in [0.2, 0.25) is 0 Å². The van der Waals surface area contributed by atoms with Crippen molar-refractivity contribution in [2.45, 2.75) is 51.2 Å². The van der Waals surface area contributed by atoms with Crippen molar-refractivity contribution in [1.82, 2.24) is 4.90 Å². The molecule has 2 rings (SSSR count). The molecule has 2 aliphatic heterocycles. The number of thiocarbonyl (C=S) groups is 1. The molecule has 7 heteroatoms. The third-order valence-electron chi connectivity index (χ3n) is 4.34. The zero-order valence-corrected chi connectivity index (χ0v) is 15.6. The van der Waals surface area contributed by atoms with Crippen molar-refractivity contribution in [2.75, 3.05) is 32.8 Å². The van der Waals surface area contributed by atoms with Crippen LogP contribution in [0, 0.1) is 5.92 Å². The number of carbonyl (C=O) groups is 1. The van der Waals surface area contributed by atoms with Crippen LogP contribution in [-0.4, -0.2) is 65.7 Å². The molecule has 2 atom stereocenters. The highest BCUT2D eigenvalue weighted by Crippen LogP contribution is 2.21. The molecule has 0 amide bonds. The van der Waals surface area contributed by atoms with Gasteiger partial charge in [-0.1, -0.05) is 12.2 Å². The van der Waals surface area contributed by atoms with Crippen molar-refractivity contribution in [3.63, 3.8) is 0 Å². The smallest absolute Gasteiger partial charge is 0.309 e. The molecule has 0 aromatic heterocycles. The van der Waals surface area contributed by atoms with Crippen LogP contribution in [0.25, 0.3) is 0 Å². The number of thiol groups is 1. The standard InChI is InChI=1S/C15H27NO4.CH2S2/c1-2-19-15(18)12-5-8-16(9-6-12)10-7-14-13(17)4-3-11-20-14;2-1-3/h12-14,17H,2-11H2,1H3;1H,(H,2,3)/t13-,14-;/m0./s1. The minimum atomic E-state index is -0.305. The first-order valence-corrected chi connectivity index (χ1v) is 9.37. The predicted molar refractivity (Wildman–Crippen MR) is 98.0 cm³/mol. The van der Waals surface area contributed by atoms with E-state index in [0.29, 0.717) is 6.61 Å². The molecule has 0 aromatic rings. The molecular weight excluding hydrogens is 334 g/mol. The van der Waals surface area contributed by atoms with Gasteiger partial charge in [-0.2, -0.15) is 0 Å². The van der Waals surface area contributed by atoms with Gasteiger partial charge >= 0.3 is 5.97 Å². The molecule has 2 heterocycles. The topological polar surface area (TPSA) is 59.0 Å². The largest absolute Gasteiger partial charge is 0.466 e. The van der Waals surface area contributed by atoms with Crippen molar-refractivity contribution in [3.05, 3.63) is 0 Å². The Morgan fingerprint density at radius 1 is 1.43 bits per heavy atom. The summed E-state index contributed by atoms with van der Waals surface area (Å²) >= 11 is 7.61. The quantitative estimate of drug-likeness (QED) is 0.443. The fourth-order valence-electron chi connectivity index (χ4n) is 3.06. The second-order valence-electron chi connectivity index (χ2n) is 5.88. The normalized spacial score (nSPS) is 26.0. The maximum atomic E-state index is 11.7. The second kappa shape index (κ2) is 12.2. The monoisotopic (exact) mass is 363 g/mol. The summed E-state index contributed by atoms with van der Waals surface area (Å²) in [5.41, 5.74) is 0. The average molecular weight is 364 g/mol. The van der Waals surface area contributed by atoms with E-state index in [4.69, 9.17) is 9.47 Å². The summed E-state index contributed by atoms with van der Waals surface area (Å²) < 4.78 is 12.0. The number of aliphatic hydroxyl groups excluding tert-OH is 1. The van der Waals surface area contributed by atoms with Gasteiger partial charge in [-0.15, -0.1) is 12.6 Å². The number of hydrogen-bond acceptors (Lipinski definition) is 6. The van der Waals surface area contributed by atoms with E-state index < -0.39 is 0 Å². The zero-order valence-electron chi connectivity index (χ0n) is 13.9. The van der Waals surface area contributed by atoms with Gasteiger partial charge in [0.25, 0.3) is 0 Å². The van der Waals surface area contributed by atoms with E-state index in [9.17, 15) is 9.90 Å². The fraction of sp³-hybridized carbons (Fsp3) is 0.875. The molecule has 0 radical (unpaired) electrons. The molecule has 0 saturated carbocycles. The summed E-state index contributed by atoms with van der Waals surface area (Å²) in [6.07, 6.45) is 4.15. The van der Waals surface area contributed by atoms with Gasteiger partial charge < -0.3 is 19.5 Å². The van der Waals surface area contributed by atoms with Crippen molar-refractivity contribution < 1.29 is 19.4 Å². The van der Waals surface area contributed by atoms with E-state index in [2.05, 4.69) is 29.7 Å². The third-order valence-corrected chi connectivity index (χ3v) is 4.34. The maximum Gasteiger partial charge on any atom is 0.309 e. The van der Waals surface area contributed by atoms with Crippen molar-refractivity contribution in [2.24, 2.45) is 5.92 Å². The van der Waals surface area contributed by atoms with Crippen molar-refractivity contribution >= 4 is 35.5 Å². The van der Waals surface area contributed by atoms with Crippen LogP contribution < -0.4 is 0 Å². The summed E-state index contributed by atoms with van der Waals surface area (Å²) in [5, 5.41) is 9.87. The lowest BCUT2D eigenvalue weighted by molar-refractivity contribution is -0.149. The Balaban J connectivity index is 0.000000816. The van der Waals surface area contributed by atoms with Gasteiger partial charge in [0.05, 0.1) is 24.7 Å². The summed E-state index contributed by atoms with van der Waals surface area (Å²) in [5.74, 6) is 0.0286. The number of nitrogens with zero attached hydrogens (tertiary/aromatic N) is 1. The minimum absolute atomic E-state index is 0.00784. The number of hydrogen-bond donors (Lipinski definition) is 2. The third kappa shape index (κ3) is 7.94. The first kappa shape index (κ1) is 20.8. The molecule has 2 aliphatic rings. The van der Waals surface area contributed by atoms with E-state index in [1.807, 2.05) is 6.92 Å². The first-order chi connectivity index (χ1) is 11.1. The zero-order chi connectivity index (χ0) is 17.1. The number of carbonyl (C=O) groups excluding carboxylic acids is 1. The molecule has 1 N–H and O–H groups in total. The highest BCUT2D eigenvalue weighted by molar-refractivity contribution is 8.08. The van der Waals surface area contributed by atoms with E-state index in [-0.39, 0.29) is 24.1 Å². The number of esters is 1. The molecule has 2 saturated heterocycles. The summed E-state index contributed by atoms with van der Waals surface area (Å²) in [4.78, 5) is 14.0. The Morgan fingerprint density at radius 3 is 2.65 bits per heavy atom. The van der Waals surface area contributed by atoms with Gasteiger partial charge in [-0.05, 0) is 52.1 Å². The lowest BCUT2D eigenvalue weighted by Crippen LogP contribution is -2.41. The summed E-state index contributed by atoms with van der Waals surface area (Å²) in [7, 11) is 0. The molecule has 134 valence electrons. The maximum absolute atomic E-state index is 11.7. The Kier molecular flexibility index (Phi) is 11.0. The van der Waals surface area contributed by atoms with E-state index in [1.165, 1.54) is 4.70 Å². The lowest BCUT2D eigenvalue weighted by atomic mass is 9.96. The Bertz CT molecular complexity index is 349. The van der Waals surface area contributed by atoms with Gasteiger partial charge in [0.1, 0.15) is 0 Å². The molecule has 2 fully saturated rings. The van der Waals surface area contributed by atoms with E-state index >= 15 is 0 Å². The molecule has 0 spiro atoms. The number of likely N-dealkylation sites (tertiary alicyclic amines) is 1. The Morgan fingerprint density at radius 2 is 2.09 bits per heavy atom. The van der Waals surface area contributed by atoms with Crippen LogP contribution >= 0.6 is 24.8 Å². The highest BCUT2D eigenvalue weighted by Gasteiger charge is 2.28. The first-order valence-electron chi connectivity index (χ1n) is 8.38. The highest BCUT2D eigenvalue weighted by atomic mass is 32.1. The molecule has 5 nitrogen and oxygen atoms in total. The number of rotatable bonds is 5. The van der Waals surface area contributed by atoms with E-state index in [0.717, 1.165) is 58.3 Å². The molecule has 0 unspecified atom stereocenters.